The van der Waals surface area contributed by atoms with E-state index in [0.717, 1.165) is 22.7 Å². The lowest BCUT2D eigenvalue weighted by molar-refractivity contribution is -0.134. The van der Waals surface area contributed by atoms with Crippen LogP contribution in [0.4, 0.5) is 0 Å². The zero-order valence-electron chi connectivity index (χ0n) is 16.5. The Bertz CT molecular complexity index is 1000. The van der Waals surface area contributed by atoms with Gasteiger partial charge in [0.2, 0.25) is 6.79 Å². The summed E-state index contributed by atoms with van der Waals surface area (Å²) in [6, 6.07) is 17.0. The molecule has 0 radical (unpaired) electrons. The number of fused-ring (bicyclic) bond motifs is 1. The molecule has 0 saturated heterocycles. The molecular weight excluding hydrogens is 370 g/mol. The SMILES string of the molecule is Cc1cc(CN(Cc2ccc3c(c2)OCO3)C(=O)COc2ccccc2)n(C)n1. The summed E-state index contributed by atoms with van der Waals surface area (Å²) in [5.74, 6) is 1.98. The third-order valence-electron chi connectivity index (χ3n) is 4.72. The van der Waals surface area contributed by atoms with Crippen LogP contribution in [-0.4, -0.2) is 34.0 Å². The van der Waals surface area contributed by atoms with Crippen LogP contribution >= 0.6 is 0 Å². The lowest BCUT2D eigenvalue weighted by Crippen LogP contribution is -2.34. The largest absolute Gasteiger partial charge is 0.484 e. The molecule has 0 aliphatic carbocycles. The molecule has 0 atom stereocenters. The topological polar surface area (TPSA) is 65.8 Å². The highest BCUT2D eigenvalue weighted by molar-refractivity contribution is 5.77. The van der Waals surface area contributed by atoms with Gasteiger partial charge in [0.1, 0.15) is 5.75 Å². The third-order valence-corrected chi connectivity index (χ3v) is 4.72. The minimum Gasteiger partial charge on any atom is -0.484 e. The Kier molecular flexibility index (Phi) is 5.37. The number of amides is 1. The molecule has 29 heavy (non-hydrogen) atoms. The van der Waals surface area contributed by atoms with Gasteiger partial charge in [0.05, 0.1) is 17.9 Å². The number of carbonyl (C=O) groups is 1. The minimum absolute atomic E-state index is 0.0363. The molecule has 7 nitrogen and oxygen atoms in total. The van der Waals surface area contributed by atoms with E-state index < -0.39 is 0 Å². The van der Waals surface area contributed by atoms with Crippen LogP contribution in [0.25, 0.3) is 0 Å². The number of nitrogens with zero attached hydrogens (tertiary/aromatic N) is 3. The first kappa shape index (κ1) is 18.9. The Morgan fingerprint density at radius 2 is 1.90 bits per heavy atom. The van der Waals surface area contributed by atoms with Crippen LogP contribution in [0.15, 0.2) is 54.6 Å². The first-order chi connectivity index (χ1) is 14.1. The van der Waals surface area contributed by atoms with Crippen LogP contribution in [-0.2, 0) is 24.9 Å². The van der Waals surface area contributed by atoms with Crippen molar-refractivity contribution in [3.8, 4) is 17.2 Å². The Labute approximate surface area is 169 Å². The quantitative estimate of drug-likeness (QED) is 0.617. The molecule has 1 amide bonds. The van der Waals surface area contributed by atoms with Gasteiger partial charge in [0.25, 0.3) is 5.91 Å². The van der Waals surface area contributed by atoms with Gasteiger partial charge in [-0.2, -0.15) is 5.10 Å². The van der Waals surface area contributed by atoms with Gasteiger partial charge in [0.15, 0.2) is 18.1 Å². The average Bonchev–Trinajstić information content (AvgIpc) is 3.31. The second-order valence-electron chi connectivity index (χ2n) is 6.94. The number of carbonyl (C=O) groups excluding carboxylic acids is 1. The maximum atomic E-state index is 13.0. The number of aromatic nitrogens is 2. The van der Waals surface area contributed by atoms with Crippen LogP contribution in [0.1, 0.15) is 17.0 Å². The molecule has 0 saturated carbocycles. The van der Waals surface area contributed by atoms with E-state index in [2.05, 4.69) is 5.10 Å². The van der Waals surface area contributed by atoms with E-state index in [1.54, 1.807) is 9.58 Å². The molecule has 4 rings (SSSR count). The molecule has 0 N–H and O–H groups in total. The lowest BCUT2D eigenvalue weighted by Gasteiger charge is -2.23. The van der Waals surface area contributed by atoms with Gasteiger partial charge in [-0.3, -0.25) is 9.48 Å². The number of hydrogen-bond donors (Lipinski definition) is 0. The van der Waals surface area contributed by atoms with Gasteiger partial charge in [-0.05, 0) is 42.8 Å². The maximum absolute atomic E-state index is 13.0. The van der Waals surface area contributed by atoms with Gasteiger partial charge in [-0.25, -0.2) is 0 Å². The standard InChI is InChI=1S/C22H23N3O4/c1-16-10-18(24(2)23-16)13-25(22(26)14-27-19-6-4-3-5-7-19)12-17-8-9-20-21(11-17)29-15-28-20/h3-11H,12-15H2,1-2H3. The van der Waals surface area contributed by atoms with Crippen molar-refractivity contribution in [3.05, 3.63) is 71.5 Å². The highest BCUT2D eigenvalue weighted by Gasteiger charge is 2.20. The summed E-state index contributed by atoms with van der Waals surface area (Å²) in [4.78, 5) is 14.8. The predicted octanol–water partition coefficient (Wildman–Crippen LogP) is 3.07. The van der Waals surface area contributed by atoms with Gasteiger partial charge in [0, 0.05) is 13.6 Å². The summed E-state index contributed by atoms with van der Waals surface area (Å²) in [6.45, 7) is 2.98. The summed E-state index contributed by atoms with van der Waals surface area (Å²) in [5, 5.41) is 4.38. The second-order valence-corrected chi connectivity index (χ2v) is 6.94. The molecule has 150 valence electrons. The Morgan fingerprint density at radius 3 is 2.66 bits per heavy atom. The summed E-state index contributed by atoms with van der Waals surface area (Å²) in [5.41, 5.74) is 2.83. The van der Waals surface area contributed by atoms with E-state index >= 15 is 0 Å². The summed E-state index contributed by atoms with van der Waals surface area (Å²) >= 11 is 0. The zero-order chi connectivity index (χ0) is 20.2. The highest BCUT2D eigenvalue weighted by Crippen LogP contribution is 2.33. The molecule has 2 heterocycles. The molecule has 1 aliphatic rings. The third kappa shape index (κ3) is 4.51. The van der Waals surface area contributed by atoms with Crippen molar-refractivity contribution in [3.63, 3.8) is 0 Å². The molecule has 0 fully saturated rings. The monoisotopic (exact) mass is 393 g/mol. The molecule has 1 aromatic heterocycles. The number of para-hydroxylation sites is 1. The van der Waals surface area contributed by atoms with Crippen LogP contribution in [0, 0.1) is 6.92 Å². The summed E-state index contributed by atoms with van der Waals surface area (Å²) in [7, 11) is 1.88. The van der Waals surface area contributed by atoms with Crippen LogP contribution in [0.2, 0.25) is 0 Å². The van der Waals surface area contributed by atoms with E-state index in [9.17, 15) is 4.79 Å². The Hall–Kier alpha value is -3.48. The van der Waals surface area contributed by atoms with Crippen LogP contribution < -0.4 is 14.2 Å². The molecule has 2 aromatic carbocycles. The summed E-state index contributed by atoms with van der Waals surface area (Å²) in [6.07, 6.45) is 0. The van der Waals surface area contributed by atoms with Crippen molar-refractivity contribution >= 4 is 5.91 Å². The molecule has 0 unspecified atom stereocenters. The zero-order valence-corrected chi connectivity index (χ0v) is 16.5. The minimum atomic E-state index is -0.106. The fourth-order valence-corrected chi connectivity index (χ4v) is 3.25. The first-order valence-electron chi connectivity index (χ1n) is 9.42. The number of rotatable bonds is 7. The van der Waals surface area contributed by atoms with E-state index in [1.165, 1.54) is 0 Å². The van der Waals surface area contributed by atoms with Gasteiger partial charge >= 0.3 is 0 Å². The van der Waals surface area contributed by atoms with E-state index in [-0.39, 0.29) is 19.3 Å². The van der Waals surface area contributed by atoms with E-state index in [1.807, 2.05) is 68.6 Å². The van der Waals surface area contributed by atoms with E-state index in [4.69, 9.17) is 14.2 Å². The van der Waals surface area contributed by atoms with Crippen molar-refractivity contribution in [2.45, 2.75) is 20.0 Å². The predicted molar refractivity (Wildman–Crippen MR) is 107 cm³/mol. The number of ether oxygens (including phenoxy) is 3. The maximum Gasteiger partial charge on any atom is 0.261 e. The molecule has 0 spiro atoms. The fourth-order valence-electron chi connectivity index (χ4n) is 3.25. The van der Waals surface area contributed by atoms with Gasteiger partial charge in [-0.1, -0.05) is 24.3 Å². The molecule has 7 heteroatoms. The number of hydrogen-bond acceptors (Lipinski definition) is 5. The van der Waals surface area contributed by atoms with Crippen molar-refractivity contribution < 1.29 is 19.0 Å². The Morgan fingerprint density at radius 1 is 1.10 bits per heavy atom. The van der Waals surface area contributed by atoms with Crippen molar-refractivity contribution in [2.24, 2.45) is 7.05 Å². The number of benzene rings is 2. The van der Waals surface area contributed by atoms with Gasteiger partial charge < -0.3 is 19.1 Å². The highest BCUT2D eigenvalue weighted by atomic mass is 16.7. The average molecular weight is 393 g/mol. The van der Waals surface area contributed by atoms with Gasteiger partial charge in [-0.15, -0.1) is 0 Å². The fraction of sp³-hybridized carbons (Fsp3) is 0.273. The molecule has 3 aromatic rings. The Balaban J connectivity index is 1.51. The van der Waals surface area contributed by atoms with Crippen molar-refractivity contribution in [2.75, 3.05) is 13.4 Å². The van der Waals surface area contributed by atoms with Crippen LogP contribution in [0.3, 0.4) is 0 Å². The van der Waals surface area contributed by atoms with E-state index in [0.29, 0.717) is 24.6 Å². The smallest absolute Gasteiger partial charge is 0.261 e. The molecular formula is C22H23N3O4. The molecule has 0 bridgehead atoms. The normalized spacial score (nSPS) is 12.1. The molecule has 1 aliphatic heterocycles. The van der Waals surface area contributed by atoms with Crippen molar-refractivity contribution in [1.82, 2.24) is 14.7 Å². The van der Waals surface area contributed by atoms with Crippen LogP contribution in [0.5, 0.6) is 17.2 Å². The summed E-state index contributed by atoms with van der Waals surface area (Å²) < 4.78 is 18.3. The first-order valence-corrected chi connectivity index (χ1v) is 9.42. The van der Waals surface area contributed by atoms with Crippen molar-refractivity contribution in [1.29, 1.82) is 0 Å². The number of aryl methyl sites for hydroxylation is 2. The second kappa shape index (κ2) is 8.26. The lowest BCUT2D eigenvalue weighted by atomic mass is 10.2.